The van der Waals surface area contributed by atoms with E-state index in [-0.39, 0.29) is 0 Å². The lowest BCUT2D eigenvalue weighted by molar-refractivity contribution is 1.32. The van der Waals surface area contributed by atoms with Gasteiger partial charge in [-0.25, -0.2) is 4.98 Å². The Hall–Kier alpha value is -2.96. The third kappa shape index (κ3) is 4.12. The molecule has 3 heteroatoms. The molecule has 2 aromatic carbocycles. The summed E-state index contributed by atoms with van der Waals surface area (Å²) < 4.78 is 0. The van der Waals surface area contributed by atoms with Gasteiger partial charge in [-0.3, -0.25) is 0 Å². The van der Waals surface area contributed by atoms with Crippen LogP contribution in [-0.2, 0) is 0 Å². The molecule has 0 saturated heterocycles. The number of hydrogen-bond acceptors (Lipinski definition) is 3. The monoisotopic (exact) mass is 342 g/mol. The molecule has 1 aromatic heterocycles. The van der Waals surface area contributed by atoms with E-state index in [0.717, 1.165) is 21.8 Å². The van der Waals surface area contributed by atoms with Gasteiger partial charge in [0.1, 0.15) is 11.1 Å². The van der Waals surface area contributed by atoms with Crippen LogP contribution in [0.4, 0.5) is 0 Å². The number of allylic oxidation sites excluding steroid dienone is 3. The van der Waals surface area contributed by atoms with Gasteiger partial charge in [-0.1, -0.05) is 66.2 Å². The Labute approximate surface area is 152 Å². The highest BCUT2D eigenvalue weighted by Gasteiger charge is 2.10. The normalized spacial score (nSPS) is 11.6. The molecule has 25 heavy (non-hydrogen) atoms. The zero-order chi connectivity index (χ0) is 17.6. The number of aryl methyl sites for hydroxylation is 2. The molecule has 0 aliphatic rings. The van der Waals surface area contributed by atoms with Gasteiger partial charge >= 0.3 is 0 Å². The highest BCUT2D eigenvalue weighted by molar-refractivity contribution is 7.11. The maximum atomic E-state index is 9.46. The van der Waals surface area contributed by atoms with Crippen LogP contribution in [0.3, 0.4) is 0 Å². The third-order valence-electron chi connectivity index (χ3n) is 3.86. The minimum atomic E-state index is 0.577. The lowest BCUT2D eigenvalue weighted by Crippen LogP contribution is -1.86. The molecule has 0 N–H and O–H groups in total. The van der Waals surface area contributed by atoms with Gasteiger partial charge in [-0.05, 0) is 31.1 Å². The fraction of sp³-hybridized carbons (Fsp3) is 0.0909. The molecular formula is C22H18N2S. The van der Waals surface area contributed by atoms with Gasteiger partial charge < -0.3 is 0 Å². The van der Waals surface area contributed by atoms with Crippen molar-refractivity contribution < 1.29 is 0 Å². The highest BCUT2D eigenvalue weighted by atomic mass is 32.1. The van der Waals surface area contributed by atoms with E-state index in [2.05, 4.69) is 43.1 Å². The molecule has 1 heterocycles. The molecule has 0 aliphatic heterocycles. The van der Waals surface area contributed by atoms with Crippen LogP contribution in [0, 0.1) is 25.2 Å². The summed E-state index contributed by atoms with van der Waals surface area (Å²) in [5.74, 6) is 0. The first kappa shape index (κ1) is 16.9. The van der Waals surface area contributed by atoms with Crippen LogP contribution in [0.15, 0.2) is 66.1 Å². The summed E-state index contributed by atoms with van der Waals surface area (Å²) in [7, 11) is 0. The van der Waals surface area contributed by atoms with Crippen LogP contribution >= 0.6 is 11.3 Å². The fourth-order valence-electron chi connectivity index (χ4n) is 2.60. The van der Waals surface area contributed by atoms with Gasteiger partial charge in [-0.2, -0.15) is 5.26 Å². The quantitative estimate of drug-likeness (QED) is 0.427. The fourth-order valence-corrected chi connectivity index (χ4v) is 3.39. The summed E-state index contributed by atoms with van der Waals surface area (Å²) in [6, 6.07) is 18.6. The molecule has 2 nitrogen and oxygen atoms in total. The Kier molecular flexibility index (Phi) is 5.23. The third-order valence-corrected chi connectivity index (χ3v) is 4.74. The van der Waals surface area contributed by atoms with Crippen LogP contribution in [0.25, 0.3) is 22.9 Å². The van der Waals surface area contributed by atoms with Crippen LogP contribution < -0.4 is 0 Å². The molecule has 3 rings (SSSR count). The van der Waals surface area contributed by atoms with E-state index in [4.69, 9.17) is 0 Å². The first-order valence-corrected chi connectivity index (χ1v) is 8.92. The molecular weight excluding hydrogens is 324 g/mol. The Morgan fingerprint density at radius 2 is 1.92 bits per heavy atom. The molecule has 0 atom stereocenters. The minimum absolute atomic E-state index is 0.577. The van der Waals surface area contributed by atoms with Crippen molar-refractivity contribution >= 4 is 23.0 Å². The van der Waals surface area contributed by atoms with E-state index in [1.165, 1.54) is 22.5 Å². The zero-order valence-corrected chi connectivity index (χ0v) is 15.0. The first-order valence-electron chi connectivity index (χ1n) is 8.04. The molecule has 0 amide bonds. The summed E-state index contributed by atoms with van der Waals surface area (Å²) in [6.45, 7) is 4.17. The number of nitriles is 1. The summed E-state index contributed by atoms with van der Waals surface area (Å²) >= 11 is 1.50. The molecule has 0 aliphatic carbocycles. The maximum absolute atomic E-state index is 9.46. The van der Waals surface area contributed by atoms with Crippen LogP contribution in [0.2, 0.25) is 0 Å². The van der Waals surface area contributed by atoms with E-state index in [1.807, 2.05) is 53.9 Å². The Bertz CT molecular complexity index is 973. The summed E-state index contributed by atoms with van der Waals surface area (Å²) in [5, 5.41) is 12.2. The van der Waals surface area contributed by atoms with Gasteiger partial charge in [0.05, 0.1) is 11.3 Å². The zero-order valence-electron chi connectivity index (χ0n) is 14.2. The molecule has 122 valence electrons. The molecule has 0 unspecified atom stereocenters. The summed E-state index contributed by atoms with van der Waals surface area (Å²) in [5.41, 5.74) is 6.15. The van der Waals surface area contributed by atoms with Gasteiger partial charge in [-0.15, -0.1) is 11.3 Å². The van der Waals surface area contributed by atoms with E-state index in [9.17, 15) is 5.26 Å². The molecule has 0 saturated carbocycles. The van der Waals surface area contributed by atoms with Crippen molar-refractivity contribution in [2.45, 2.75) is 13.8 Å². The second-order valence-corrected chi connectivity index (χ2v) is 6.68. The lowest BCUT2D eigenvalue weighted by Gasteiger charge is -2.03. The highest BCUT2D eigenvalue weighted by Crippen LogP contribution is 2.28. The number of thiazole rings is 1. The number of rotatable bonds is 4. The average Bonchev–Trinajstić information content (AvgIpc) is 3.09. The van der Waals surface area contributed by atoms with Crippen molar-refractivity contribution in [2.24, 2.45) is 0 Å². The maximum Gasteiger partial charge on any atom is 0.134 e. The van der Waals surface area contributed by atoms with Crippen molar-refractivity contribution in [1.82, 2.24) is 4.98 Å². The number of nitrogens with zero attached hydrogens (tertiary/aromatic N) is 2. The van der Waals surface area contributed by atoms with Crippen molar-refractivity contribution in [3.63, 3.8) is 0 Å². The largest absolute Gasteiger partial charge is 0.235 e. The van der Waals surface area contributed by atoms with Crippen molar-refractivity contribution in [1.29, 1.82) is 5.26 Å². The van der Waals surface area contributed by atoms with Gasteiger partial charge in [0.15, 0.2) is 0 Å². The molecule has 0 spiro atoms. The number of benzene rings is 2. The standard InChI is InChI=1S/C22H18N2S/c1-16-11-12-20(17(2)13-16)21-15-25-22(24-21)19(14-23)10-6-9-18-7-4-3-5-8-18/h3-13,15H,1-2H3/b9-6+,19-10-. The van der Waals surface area contributed by atoms with Gasteiger partial charge in [0, 0.05) is 10.9 Å². The number of hydrogen-bond donors (Lipinski definition) is 0. The summed E-state index contributed by atoms with van der Waals surface area (Å²) in [4.78, 5) is 4.66. The van der Waals surface area contributed by atoms with E-state index < -0.39 is 0 Å². The second kappa shape index (κ2) is 7.74. The Balaban J connectivity index is 1.85. The lowest BCUT2D eigenvalue weighted by atomic mass is 10.0. The van der Waals surface area contributed by atoms with E-state index >= 15 is 0 Å². The van der Waals surface area contributed by atoms with Crippen molar-refractivity contribution in [2.75, 3.05) is 0 Å². The van der Waals surface area contributed by atoms with Crippen LogP contribution in [0.1, 0.15) is 21.7 Å². The molecule has 0 radical (unpaired) electrons. The van der Waals surface area contributed by atoms with E-state index in [1.54, 1.807) is 0 Å². The predicted octanol–water partition coefficient (Wildman–Crippen LogP) is 6.05. The van der Waals surface area contributed by atoms with Crippen molar-refractivity contribution in [3.8, 4) is 17.3 Å². The molecule has 0 fully saturated rings. The first-order chi connectivity index (χ1) is 12.2. The van der Waals surface area contributed by atoms with Crippen LogP contribution in [0.5, 0.6) is 0 Å². The smallest absolute Gasteiger partial charge is 0.134 e. The van der Waals surface area contributed by atoms with Crippen molar-refractivity contribution in [3.05, 3.63) is 87.8 Å². The summed E-state index contributed by atoms with van der Waals surface area (Å²) in [6.07, 6.45) is 5.69. The van der Waals surface area contributed by atoms with Crippen LogP contribution in [-0.4, -0.2) is 4.98 Å². The van der Waals surface area contributed by atoms with E-state index in [0.29, 0.717) is 5.57 Å². The average molecular weight is 342 g/mol. The predicted molar refractivity (Wildman–Crippen MR) is 106 cm³/mol. The van der Waals surface area contributed by atoms with Gasteiger partial charge in [0.25, 0.3) is 0 Å². The minimum Gasteiger partial charge on any atom is -0.235 e. The second-order valence-electron chi connectivity index (χ2n) is 5.82. The molecule has 3 aromatic rings. The topological polar surface area (TPSA) is 36.7 Å². The molecule has 0 bridgehead atoms. The SMILES string of the molecule is Cc1ccc(-c2csc(/C(C#N)=C\C=C\c3ccccc3)n2)c(C)c1. The number of aromatic nitrogens is 1. The Morgan fingerprint density at radius 3 is 2.64 bits per heavy atom. The Morgan fingerprint density at radius 1 is 1.12 bits per heavy atom. The van der Waals surface area contributed by atoms with Gasteiger partial charge in [0.2, 0.25) is 0 Å².